The number of ether oxygens (including phenoxy) is 4. The molecular weight excluding hydrogens is 388 g/mol. The molecule has 1 atom stereocenters. The van der Waals surface area contributed by atoms with Gasteiger partial charge in [-0.05, 0) is 45.0 Å². The summed E-state index contributed by atoms with van der Waals surface area (Å²) >= 11 is 0. The second-order valence-corrected chi connectivity index (χ2v) is 6.63. The van der Waals surface area contributed by atoms with Gasteiger partial charge in [-0.3, -0.25) is 4.79 Å². The van der Waals surface area contributed by atoms with Crippen molar-refractivity contribution in [3.63, 3.8) is 0 Å². The molecule has 30 heavy (non-hydrogen) atoms. The van der Waals surface area contributed by atoms with Gasteiger partial charge >= 0.3 is 5.97 Å². The number of rotatable bonds is 9. The van der Waals surface area contributed by atoms with E-state index in [0.29, 0.717) is 35.7 Å². The van der Waals surface area contributed by atoms with Crippen molar-refractivity contribution in [3.05, 3.63) is 64.5 Å². The van der Waals surface area contributed by atoms with Crippen molar-refractivity contribution in [2.75, 3.05) is 19.8 Å². The van der Waals surface area contributed by atoms with E-state index in [2.05, 4.69) is 0 Å². The molecule has 0 unspecified atom stereocenters. The van der Waals surface area contributed by atoms with Gasteiger partial charge in [0.25, 0.3) is 0 Å². The molecule has 2 aromatic carbocycles. The van der Waals surface area contributed by atoms with E-state index < -0.39 is 12.1 Å². The first-order valence-corrected chi connectivity index (χ1v) is 9.69. The summed E-state index contributed by atoms with van der Waals surface area (Å²) in [4.78, 5) is 24.7. The average Bonchev–Trinajstić information content (AvgIpc) is 2.74. The molecule has 3 rings (SSSR count). The van der Waals surface area contributed by atoms with Gasteiger partial charge in [-0.15, -0.1) is 0 Å². The Kier molecular flexibility index (Phi) is 7.08. The summed E-state index contributed by atoms with van der Waals surface area (Å²) in [5.41, 5.74) is 1.12. The van der Waals surface area contributed by atoms with Crippen molar-refractivity contribution in [2.45, 2.75) is 26.9 Å². The average molecular weight is 412 g/mol. The van der Waals surface area contributed by atoms with Crippen LogP contribution in [-0.2, 0) is 14.3 Å². The van der Waals surface area contributed by atoms with Crippen LogP contribution in [0.5, 0.6) is 17.2 Å². The maximum Gasteiger partial charge on any atom is 0.347 e. The fraction of sp³-hybridized carbons (Fsp3) is 0.304. The topological polar surface area (TPSA) is 84.2 Å². The van der Waals surface area contributed by atoms with E-state index in [1.807, 2.05) is 26.0 Å². The zero-order valence-electron chi connectivity index (χ0n) is 17.2. The molecule has 0 amide bonds. The van der Waals surface area contributed by atoms with Gasteiger partial charge in [0.1, 0.15) is 30.0 Å². The summed E-state index contributed by atoms with van der Waals surface area (Å²) < 4.78 is 27.0. The predicted octanol–water partition coefficient (Wildman–Crippen LogP) is 4.24. The molecule has 0 aliphatic carbocycles. The van der Waals surface area contributed by atoms with Crippen LogP contribution in [0.3, 0.4) is 0 Å². The molecule has 0 bridgehead atoms. The smallest absolute Gasteiger partial charge is 0.347 e. The summed E-state index contributed by atoms with van der Waals surface area (Å²) in [6.07, 6.45) is 0.444. The van der Waals surface area contributed by atoms with Crippen molar-refractivity contribution in [1.82, 2.24) is 0 Å². The first-order chi connectivity index (χ1) is 14.5. The SMILES string of the molecule is CCOCCOC(=O)[C@@H](C)Oc1ccc2c(=O)c(Oc3ccc(C)cc3)coc2c1. The molecule has 0 N–H and O–H groups in total. The minimum atomic E-state index is -0.819. The van der Waals surface area contributed by atoms with Crippen molar-refractivity contribution in [2.24, 2.45) is 0 Å². The number of carbonyl (C=O) groups excluding carboxylic acids is 1. The molecule has 0 saturated carbocycles. The summed E-state index contributed by atoms with van der Waals surface area (Å²) in [5.74, 6) is 0.514. The largest absolute Gasteiger partial charge is 0.479 e. The lowest BCUT2D eigenvalue weighted by Gasteiger charge is -2.14. The first kappa shape index (κ1) is 21.4. The minimum Gasteiger partial charge on any atom is -0.479 e. The van der Waals surface area contributed by atoms with E-state index >= 15 is 0 Å². The van der Waals surface area contributed by atoms with Crippen LogP contribution < -0.4 is 14.9 Å². The molecular formula is C23H24O7. The fourth-order valence-electron chi connectivity index (χ4n) is 2.68. The van der Waals surface area contributed by atoms with E-state index in [4.69, 9.17) is 23.4 Å². The van der Waals surface area contributed by atoms with Crippen LogP contribution in [0.4, 0.5) is 0 Å². The van der Waals surface area contributed by atoms with Gasteiger partial charge in [0, 0.05) is 12.7 Å². The molecule has 3 aromatic rings. The Morgan fingerprint density at radius 1 is 1.07 bits per heavy atom. The van der Waals surface area contributed by atoms with Crippen LogP contribution in [0.25, 0.3) is 11.0 Å². The highest BCUT2D eigenvalue weighted by molar-refractivity contribution is 5.79. The highest BCUT2D eigenvalue weighted by Crippen LogP contribution is 2.24. The molecule has 0 aliphatic heterocycles. The Balaban J connectivity index is 1.70. The lowest BCUT2D eigenvalue weighted by atomic mass is 10.2. The normalized spacial score (nSPS) is 11.8. The highest BCUT2D eigenvalue weighted by Gasteiger charge is 2.17. The van der Waals surface area contributed by atoms with Crippen LogP contribution in [0.1, 0.15) is 19.4 Å². The van der Waals surface area contributed by atoms with Gasteiger partial charge in [-0.25, -0.2) is 4.79 Å². The van der Waals surface area contributed by atoms with Gasteiger partial charge < -0.3 is 23.4 Å². The highest BCUT2D eigenvalue weighted by atomic mass is 16.6. The van der Waals surface area contributed by atoms with E-state index in [9.17, 15) is 9.59 Å². The lowest BCUT2D eigenvalue weighted by molar-refractivity contribution is -0.152. The van der Waals surface area contributed by atoms with Crippen LogP contribution in [-0.4, -0.2) is 31.9 Å². The van der Waals surface area contributed by atoms with Crippen LogP contribution in [0, 0.1) is 6.92 Å². The Morgan fingerprint density at radius 2 is 1.80 bits per heavy atom. The second kappa shape index (κ2) is 9.93. The number of benzene rings is 2. The van der Waals surface area contributed by atoms with Crippen LogP contribution in [0.15, 0.2) is 57.9 Å². The van der Waals surface area contributed by atoms with Gasteiger partial charge in [0.2, 0.25) is 11.2 Å². The summed E-state index contributed by atoms with van der Waals surface area (Å²) in [6, 6.07) is 12.1. The Bertz CT molecular complexity index is 1050. The van der Waals surface area contributed by atoms with Gasteiger partial charge in [0.15, 0.2) is 6.10 Å². The molecule has 0 radical (unpaired) electrons. The molecule has 7 heteroatoms. The standard InChI is InChI=1S/C23H24O7/c1-4-26-11-12-27-23(25)16(3)29-18-9-10-19-20(13-18)28-14-21(22(19)24)30-17-7-5-15(2)6-8-17/h5-10,13-14,16H,4,11-12H2,1-3H3/t16-/m1/s1. The zero-order chi connectivity index (χ0) is 21.5. The van der Waals surface area contributed by atoms with Crippen molar-refractivity contribution in [1.29, 1.82) is 0 Å². The third-order valence-electron chi connectivity index (χ3n) is 4.28. The number of hydrogen-bond acceptors (Lipinski definition) is 7. The lowest BCUT2D eigenvalue weighted by Crippen LogP contribution is -2.27. The number of fused-ring (bicyclic) bond motifs is 1. The van der Waals surface area contributed by atoms with Crippen molar-refractivity contribution >= 4 is 16.9 Å². The first-order valence-electron chi connectivity index (χ1n) is 9.69. The quantitative estimate of drug-likeness (QED) is 0.384. The van der Waals surface area contributed by atoms with E-state index in [1.54, 1.807) is 37.3 Å². The summed E-state index contributed by atoms with van der Waals surface area (Å²) in [6.45, 7) is 6.48. The number of hydrogen-bond donors (Lipinski definition) is 0. The molecule has 0 saturated heterocycles. The molecule has 0 fully saturated rings. The molecule has 0 spiro atoms. The zero-order valence-corrected chi connectivity index (χ0v) is 17.2. The summed E-state index contributed by atoms with van der Waals surface area (Å²) in [5, 5.41) is 0.346. The summed E-state index contributed by atoms with van der Waals surface area (Å²) in [7, 11) is 0. The molecule has 1 heterocycles. The Labute approximate surface area is 174 Å². The van der Waals surface area contributed by atoms with E-state index in [-0.39, 0.29) is 17.8 Å². The van der Waals surface area contributed by atoms with E-state index in [0.717, 1.165) is 5.56 Å². The molecule has 158 valence electrons. The Hall–Kier alpha value is -3.32. The minimum absolute atomic E-state index is 0.0891. The van der Waals surface area contributed by atoms with Gasteiger partial charge in [0.05, 0.1) is 12.0 Å². The van der Waals surface area contributed by atoms with E-state index in [1.165, 1.54) is 6.26 Å². The fourth-order valence-corrected chi connectivity index (χ4v) is 2.68. The monoisotopic (exact) mass is 412 g/mol. The van der Waals surface area contributed by atoms with Crippen molar-refractivity contribution < 1.29 is 28.2 Å². The number of esters is 1. The number of carbonyl (C=O) groups is 1. The third-order valence-corrected chi connectivity index (χ3v) is 4.28. The van der Waals surface area contributed by atoms with Crippen LogP contribution in [0.2, 0.25) is 0 Å². The maximum atomic E-state index is 12.7. The molecule has 7 nitrogen and oxygen atoms in total. The van der Waals surface area contributed by atoms with Crippen molar-refractivity contribution in [3.8, 4) is 17.2 Å². The molecule has 1 aromatic heterocycles. The maximum absolute atomic E-state index is 12.7. The molecule has 0 aliphatic rings. The third kappa shape index (κ3) is 5.39. The number of aryl methyl sites for hydroxylation is 1. The van der Waals surface area contributed by atoms with Gasteiger partial charge in [-0.2, -0.15) is 0 Å². The predicted molar refractivity (Wildman–Crippen MR) is 111 cm³/mol. The second-order valence-electron chi connectivity index (χ2n) is 6.63. The Morgan fingerprint density at radius 3 is 2.53 bits per heavy atom. The van der Waals surface area contributed by atoms with Gasteiger partial charge in [-0.1, -0.05) is 17.7 Å². The van der Waals surface area contributed by atoms with Crippen LogP contribution >= 0.6 is 0 Å².